The van der Waals surface area contributed by atoms with Crippen LogP contribution in [0.2, 0.25) is 0 Å². The predicted octanol–water partition coefficient (Wildman–Crippen LogP) is 2.34. The number of aromatic nitrogens is 1. The van der Waals surface area contributed by atoms with Gasteiger partial charge < -0.3 is 10.6 Å². The second kappa shape index (κ2) is 5.92. The molecule has 110 valence electrons. The van der Waals surface area contributed by atoms with Gasteiger partial charge >= 0.3 is 0 Å². The molecular weight excluding hydrogens is 250 g/mol. The second-order valence-electron chi connectivity index (χ2n) is 6.79. The SMILES string of the molecule is CC(C)(C)C(N)CC(=O)N(Cc1cccnc1)C1CC1. The number of carbonyl (C=O) groups excluding carboxylic acids is 1. The van der Waals surface area contributed by atoms with Crippen LogP contribution in [-0.4, -0.2) is 27.9 Å². The van der Waals surface area contributed by atoms with Crippen molar-refractivity contribution in [2.75, 3.05) is 0 Å². The number of carbonyl (C=O) groups is 1. The fourth-order valence-electron chi connectivity index (χ4n) is 2.11. The lowest BCUT2D eigenvalue weighted by Crippen LogP contribution is -2.42. The van der Waals surface area contributed by atoms with Crippen molar-refractivity contribution in [2.24, 2.45) is 11.1 Å². The molecule has 4 nitrogen and oxygen atoms in total. The van der Waals surface area contributed by atoms with Gasteiger partial charge in [0.2, 0.25) is 5.91 Å². The molecule has 2 N–H and O–H groups in total. The summed E-state index contributed by atoms with van der Waals surface area (Å²) < 4.78 is 0. The highest BCUT2D eigenvalue weighted by Gasteiger charge is 2.34. The summed E-state index contributed by atoms with van der Waals surface area (Å²) in [7, 11) is 0. The third-order valence-electron chi connectivity index (χ3n) is 3.89. The van der Waals surface area contributed by atoms with Crippen LogP contribution in [0.5, 0.6) is 0 Å². The molecule has 0 spiro atoms. The number of hydrogen-bond acceptors (Lipinski definition) is 3. The summed E-state index contributed by atoms with van der Waals surface area (Å²) in [6.07, 6.45) is 6.21. The molecule has 1 fully saturated rings. The van der Waals surface area contributed by atoms with Crippen molar-refractivity contribution < 1.29 is 4.79 Å². The highest BCUT2D eigenvalue weighted by Crippen LogP contribution is 2.30. The maximum absolute atomic E-state index is 12.5. The fourth-order valence-corrected chi connectivity index (χ4v) is 2.11. The molecule has 4 heteroatoms. The number of nitrogens with zero attached hydrogens (tertiary/aromatic N) is 2. The molecule has 20 heavy (non-hydrogen) atoms. The Balaban J connectivity index is 2.00. The Labute approximate surface area is 121 Å². The number of rotatable bonds is 5. The van der Waals surface area contributed by atoms with E-state index < -0.39 is 0 Å². The first kappa shape index (κ1) is 15.0. The molecule has 1 atom stereocenters. The second-order valence-corrected chi connectivity index (χ2v) is 6.79. The van der Waals surface area contributed by atoms with E-state index in [0.717, 1.165) is 18.4 Å². The molecule has 1 aromatic rings. The quantitative estimate of drug-likeness (QED) is 0.897. The minimum absolute atomic E-state index is 0.0425. The van der Waals surface area contributed by atoms with Crippen LogP contribution in [-0.2, 0) is 11.3 Å². The zero-order valence-corrected chi connectivity index (χ0v) is 12.7. The normalized spacial score (nSPS) is 16.8. The number of hydrogen-bond donors (Lipinski definition) is 1. The van der Waals surface area contributed by atoms with Crippen LogP contribution < -0.4 is 5.73 Å². The molecular formula is C16H25N3O. The number of amides is 1. The van der Waals surface area contributed by atoms with Crippen molar-refractivity contribution in [1.29, 1.82) is 0 Å². The Morgan fingerprint density at radius 2 is 2.20 bits per heavy atom. The molecule has 0 bridgehead atoms. The molecule has 0 aliphatic heterocycles. The third-order valence-corrected chi connectivity index (χ3v) is 3.89. The van der Waals surface area contributed by atoms with Gasteiger partial charge in [-0.25, -0.2) is 0 Å². The highest BCUT2D eigenvalue weighted by molar-refractivity contribution is 5.77. The van der Waals surface area contributed by atoms with Crippen molar-refractivity contribution >= 4 is 5.91 Å². The van der Waals surface area contributed by atoms with Gasteiger partial charge in [0.05, 0.1) is 0 Å². The summed E-state index contributed by atoms with van der Waals surface area (Å²) >= 11 is 0. The van der Waals surface area contributed by atoms with Crippen LogP contribution in [0.3, 0.4) is 0 Å². The van der Waals surface area contributed by atoms with Crippen LogP contribution >= 0.6 is 0 Å². The molecule has 1 amide bonds. The first-order valence-electron chi connectivity index (χ1n) is 7.32. The van der Waals surface area contributed by atoms with Crippen LogP contribution in [0, 0.1) is 5.41 Å². The molecule has 0 radical (unpaired) electrons. The van der Waals surface area contributed by atoms with E-state index in [4.69, 9.17) is 5.73 Å². The third kappa shape index (κ3) is 4.04. The molecule has 2 rings (SSSR count). The molecule has 1 saturated carbocycles. The minimum Gasteiger partial charge on any atom is -0.335 e. The maximum atomic E-state index is 12.5. The van der Waals surface area contributed by atoms with Crippen molar-refractivity contribution in [3.05, 3.63) is 30.1 Å². The van der Waals surface area contributed by atoms with Crippen LogP contribution in [0.25, 0.3) is 0 Å². The lowest BCUT2D eigenvalue weighted by atomic mass is 9.85. The van der Waals surface area contributed by atoms with Gasteiger partial charge in [-0.2, -0.15) is 0 Å². The molecule has 1 aromatic heterocycles. The van der Waals surface area contributed by atoms with E-state index in [-0.39, 0.29) is 17.4 Å². The molecule has 0 aromatic carbocycles. The minimum atomic E-state index is -0.106. The lowest BCUT2D eigenvalue weighted by Gasteiger charge is -2.30. The van der Waals surface area contributed by atoms with E-state index in [0.29, 0.717) is 19.0 Å². The zero-order valence-electron chi connectivity index (χ0n) is 12.7. The molecule has 1 unspecified atom stereocenters. The Bertz CT molecular complexity index is 449. The largest absolute Gasteiger partial charge is 0.335 e. The van der Waals surface area contributed by atoms with Gasteiger partial charge in [-0.3, -0.25) is 9.78 Å². The maximum Gasteiger partial charge on any atom is 0.224 e. The highest BCUT2D eigenvalue weighted by atomic mass is 16.2. The lowest BCUT2D eigenvalue weighted by molar-refractivity contribution is -0.133. The fraction of sp³-hybridized carbons (Fsp3) is 0.625. The predicted molar refractivity (Wildman–Crippen MR) is 79.9 cm³/mol. The molecule has 1 aliphatic rings. The summed E-state index contributed by atoms with van der Waals surface area (Å²) in [5.74, 6) is 0.166. The Kier molecular flexibility index (Phi) is 4.43. The van der Waals surface area contributed by atoms with Gasteiger partial charge in [0.15, 0.2) is 0 Å². The molecule has 0 saturated heterocycles. The van der Waals surface area contributed by atoms with Crippen LogP contribution in [0.4, 0.5) is 0 Å². The number of nitrogens with two attached hydrogens (primary N) is 1. The Morgan fingerprint density at radius 3 is 2.70 bits per heavy atom. The van der Waals surface area contributed by atoms with Gasteiger partial charge in [0, 0.05) is 37.4 Å². The van der Waals surface area contributed by atoms with Crippen molar-refractivity contribution in [3.8, 4) is 0 Å². The summed E-state index contributed by atoms with van der Waals surface area (Å²) in [5.41, 5.74) is 7.18. The van der Waals surface area contributed by atoms with E-state index in [9.17, 15) is 4.79 Å². The van der Waals surface area contributed by atoms with Gasteiger partial charge in [0.1, 0.15) is 0 Å². The van der Waals surface area contributed by atoms with E-state index >= 15 is 0 Å². The van der Waals surface area contributed by atoms with Gasteiger partial charge in [-0.05, 0) is 29.9 Å². The van der Waals surface area contributed by atoms with Crippen molar-refractivity contribution in [1.82, 2.24) is 9.88 Å². The average molecular weight is 275 g/mol. The van der Waals surface area contributed by atoms with Crippen molar-refractivity contribution in [3.63, 3.8) is 0 Å². The molecule has 1 aliphatic carbocycles. The number of pyridine rings is 1. The first-order chi connectivity index (χ1) is 9.38. The van der Waals surface area contributed by atoms with E-state index in [2.05, 4.69) is 25.8 Å². The van der Waals surface area contributed by atoms with Gasteiger partial charge in [-0.1, -0.05) is 26.8 Å². The Hall–Kier alpha value is -1.42. The van der Waals surface area contributed by atoms with Gasteiger partial charge in [0.25, 0.3) is 0 Å². The monoisotopic (exact) mass is 275 g/mol. The van der Waals surface area contributed by atoms with E-state index in [1.165, 1.54) is 0 Å². The van der Waals surface area contributed by atoms with Gasteiger partial charge in [-0.15, -0.1) is 0 Å². The topological polar surface area (TPSA) is 59.2 Å². The van der Waals surface area contributed by atoms with E-state index in [1.54, 1.807) is 6.20 Å². The average Bonchev–Trinajstić information content (AvgIpc) is 3.20. The summed E-state index contributed by atoms with van der Waals surface area (Å²) in [5, 5.41) is 0. The Morgan fingerprint density at radius 1 is 1.50 bits per heavy atom. The van der Waals surface area contributed by atoms with E-state index in [1.807, 2.05) is 23.2 Å². The first-order valence-corrected chi connectivity index (χ1v) is 7.32. The summed E-state index contributed by atoms with van der Waals surface area (Å²) in [6, 6.07) is 4.21. The summed E-state index contributed by atoms with van der Waals surface area (Å²) in [6.45, 7) is 6.88. The zero-order chi connectivity index (χ0) is 14.8. The van der Waals surface area contributed by atoms with Crippen LogP contribution in [0.1, 0.15) is 45.6 Å². The van der Waals surface area contributed by atoms with Crippen LogP contribution in [0.15, 0.2) is 24.5 Å². The smallest absolute Gasteiger partial charge is 0.224 e. The van der Waals surface area contributed by atoms with Crippen molar-refractivity contribution in [2.45, 2.75) is 58.7 Å². The summed E-state index contributed by atoms with van der Waals surface area (Å²) in [4.78, 5) is 18.6. The standard InChI is InChI=1S/C16H25N3O/c1-16(2,3)14(17)9-15(20)19(13-6-7-13)11-12-5-4-8-18-10-12/h4-5,8,10,13-14H,6-7,9,11,17H2,1-3H3. The molecule has 1 heterocycles.